The van der Waals surface area contributed by atoms with Gasteiger partial charge in [0.1, 0.15) is 11.6 Å². The molecule has 0 saturated carbocycles. The fourth-order valence-electron chi connectivity index (χ4n) is 2.24. The zero-order valence-electron chi connectivity index (χ0n) is 13.3. The molecule has 23 heavy (non-hydrogen) atoms. The first-order chi connectivity index (χ1) is 11.2. The van der Waals surface area contributed by atoms with Crippen LogP contribution in [0.3, 0.4) is 0 Å². The molecule has 5 heteroatoms. The normalized spacial score (nSPS) is 10.7. The molecule has 0 aliphatic heterocycles. The average Bonchev–Trinajstić information content (AvgIpc) is 2.94. The first-order valence-corrected chi connectivity index (χ1v) is 8.52. The molecular weight excluding hydrogens is 306 g/mol. The van der Waals surface area contributed by atoms with Crippen molar-refractivity contribution in [3.63, 3.8) is 0 Å². The van der Waals surface area contributed by atoms with Gasteiger partial charge in [0.2, 0.25) is 0 Å². The lowest BCUT2D eigenvalue weighted by atomic mass is 10.2. The Bertz CT molecular complexity index is 754. The van der Waals surface area contributed by atoms with Crippen LogP contribution in [0.2, 0.25) is 0 Å². The number of hydrogen-bond acceptors (Lipinski definition) is 4. The van der Waals surface area contributed by atoms with Crippen molar-refractivity contribution >= 4 is 11.8 Å². The number of aryl methyl sites for hydroxylation is 2. The second-order valence-corrected chi connectivity index (χ2v) is 6.27. The second kappa shape index (κ2) is 7.33. The molecule has 0 aliphatic carbocycles. The van der Waals surface area contributed by atoms with Gasteiger partial charge in [0.25, 0.3) is 0 Å². The van der Waals surface area contributed by atoms with E-state index in [1.54, 1.807) is 11.8 Å². The molecule has 0 saturated heterocycles. The zero-order valence-corrected chi connectivity index (χ0v) is 14.1. The maximum atomic E-state index is 5.72. The predicted molar refractivity (Wildman–Crippen MR) is 93.5 cm³/mol. The molecule has 2 aromatic carbocycles. The molecule has 3 aromatic rings. The molecule has 0 amide bonds. The van der Waals surface area contributed by atoms with Gasteiger partial charge in [-0.3, -0.25) is 4.57 Å². The fraction of sp³-hybridized carbons (Fsp3) is 0.222. The quantitative estimate of drug-likeness (QED) is 0.506. The van der Waals surface area contributed by atoms with Gasteiger partial charge >= 0.3 is 0 Å². The van der Waals surface area contributed by atoms with Crippen molar-refractivity contribution in [3.8, 4) is 11.4 Å². The Morgan fingerprint density at radius 1 is 0.957 bits per heavy atom. The summed E-state index contributed by atoms with van der Waals surface area (Å²) < 4.78 is 7.79. The summed E-state index contributed by atoms with van der Waals surface area (Å²) in [6.45, 7) is 4.69. The summed E-state index contributed by atoms with van der Waals surface area (Å²) in [5.41, 5.74) is 2.33. The molecule has 0 fully saturated rings. The van der Waals surface area contributed by atoms with Crippen molar-refractivity contribution in [2.45, 2.75) is 19.0 Å². The third kappa shape index (κ3) is 3.93. The standard InChI is InChI=1S/C18H19N3OS/c1-14-8-10-16(11-9-14)21-15(2)19-20-18(21)23-13-12-22-17-6-4-3-5-7-17/h3-11H,12-13H2,1-2H3. The highest BCUT2D eigenvalue weighted by atomic mass is 32.2. The van der Waals surface area contributed by atoms with Crippen LogP contribution in [0, 0.1) is 13.8 Å². The van der Waals surface area contributed by atoms with Gasteiger partial charge in [-0.1, -0.05) is 47.7 Å². The summed E-state index contributed by atoms with van der Waals surface area (Å²) >= 11 is 1.65. The molecule has 1 heterocycles. The van der Waals surface area contributed by atoms with Gasteiger partial charge < -0.3 is 4.74 Å². The number of rotatable bonds is 6. The Morgan fingerprint density at radius 2 is 1.70 bits per heavy atom. The maximum absolute atomic E-state index is 5.72. The van der Waals surface area contributed by atoms with Gasteiger partial charge in [-0.05, 0) is 38.1 Å². The average molecular weight is 325 g/mol. The van der Waals surface area contributed by atoms with Crippen LogP contribution in [0.1, 0.15) is 11.4 Å². The molecule has 0 spiro atoms. The Hall–Kier alpha value is -2.27. The molecule has 0 aliphatic rings. The fourth-order valence-corrected chi connectivity index (χ4v) is 3.05. The van der Waals surface area contributed by atoms with E-state index in [4.69, 9.17) is 4.74 Å². The molecule has 0 N–H and O–H groups in total. The Balaban J connectivity index is 1.63. The van der Waals surface area contributed by atoms with Gasteiger partial charge in [-0.15, -0.1) is 10.2 Å². The van der Waals surface area contributed by atoms with Crippen molar-refractivity contribution in [2.24, 2.45) is 0 Å². The van der Waals surface area contributed by atoms with Crippen molar-refractivity contribution in [1.29, 1.82) is 0 Å². The van der Waals surface area contributed by atoms with E-state index in [0.29, 0.717) is 6.61 Å². The van der Waals surface area contributed by atoms with Crippen molar-refractivity contribution in [1.82, 2.24) is 14.8 Å². The molecule has 4 nitrogen and oxygen atoms in total. The molecule has 0 unspecified atom stereocenters. The second-order valence-electron chi connectivity index (χ2n) is 5.21. The van der Waals surface area contributed by atoms with Crippen LogP contribution < -0.4 is 4.74 Å². The minimum atomic E-state index is 0.633. The third-order valence-electron chi connectivity index (χ3n) is 3.41. The molecule has 3 rings (SSSR count). The minimum absolute atomic E-state index is 0.633. The lowest BCUT2D eigenvalue weighted by Crippen LogP contribution is -2.03. The van der Waals surface area contributed by atoms with Gasteiger partial charge in [-0.25, -0.2) is 0 Å². The summed E-state index contributed by atoms with van der Waals surface area (Å²) in [7, 11) is 0. The first kappa shape index (κ1) is 15.6. The number of nitrogens with zero attached hydrogens (tertiary/aromatic N) is 3. The van der Waals surface area contributed by atoms with Gasteiger partial charge in [0.15, 0.2) is 5.16 Å². The smallest absolute Gasteiger partial charge is 0.195 e. The highest BCUT2D eigenvalue weighted by Crippen LogP contribution is 2.22. The Labute approximate surface area is 140 Å². The van der Waals surface area contributed by atoms with Crippen LogP contribution in [0.25, 0.3) is 5.69 Å². The predicted octanol–water partition coefficient (Wildman–Crippen LogP) is 4.06. The summed E-state index contributed by atoms with van der Waals surface area (Å²) in [6.07, 6.45) is 0. The van der Waals surface area contributed by atoms with Gasteiger partial charge in [-0.2, -0.15) is 0 Å². The van der Waals surface area contributed by atoms with E-state index in [-0.39, 0.29) is 0 Å². The highest BCUT2D eigenvalue weighted by Gasteiger charge is 2.11. The molecule has 1 aromatic heterocycles. The highest BCUT2D eigenvalue weighted by molar-refractivity contribution is 7.99. The SMILES string of the molecule is Cc1ccc(-n2c(C)nnc2SCCOc2ccccc2)cc1. The molecule has 0 radical (unpaired) electrons. The van der Waals surface area contributed by atoms with Crippen LogP contribution in [-0.4, -0.2) is 27.1 Å². The monoisotopic (exact) mass is 325 g/mol. The number of aromatic nitrogens is 3. The summed E-state index contributed by atoms with van der Waals surface area (Å²) in [6, 6.07) is 18.2. The van der Waals surface area contributed by atoms with Crippen molar-refractivity contribution in [2.75, 3.05) is 12.4 Å². The van der Waals surface area contributed by atoms with Crippen LogP contribution >= 0.6 is 11.8 Å². The van der Waals surface area contributed by atoms with E-state index < -0.39 is 0 Å². The van der Waals surface area contributed by atoms with E-state index in [1.807, 2.05) is 37.3 Å². The lowest BCUT2D eigenvalue weighted by molar-refractivity contribution is 0.344. The van der Waals surface area contributed by atoms with E-state index in [1.165, 1.54) is 5.56 Å². The number of benzene rings is 2. The first-order valence-electron chi connectivity index (χ1n) is 7.54. The molecule has 0 bridgehead atoms. The summed E-state index contributed by atoms with van der Waals surface area (Å²) in [5.74, 6) is 2.60. The van der Waals surface area contributed by atoms with E-state index in [0.717, 1.165) is 28.2 Å². The maximum Gasteiger partial charge on any atom is 0.195 e. The number of para-hydroxylation sites is 1. The van der Waals surface area contributed by atoms with Crippen LogP contribution in [0.5, 0.6) is 5.75 Å². The van der Waals surface area contributed by atoms with Crippen molar-refractivity contribution in [3.05, 3.63) is 66.0 Å². The number of hydrogen-bond donors (Lipinski definition) is 0. The van der Waals surface area contributed by atoms with E-state index in [2.05, 4.69) is 46.0 Å². The third-order valence-corrected chi connectivity index (χ3v) is 4.31. The van der Waals surface area contributed by atoms with Crippen LogP contribution in [0.15, 0.2) is 59.8 Å². The summed E-state index contributed by atoms with van der Waals surface area (Å²) in [4.78, 5) is 0. The van der Waals surface area contributed by atoms with Gasteiger partial charge in [0, 0.05) is 11.4 Å². The minimum Gasteiger partial charge on any atom is -0.493 e. The van der Waals surface area contributed by atoms with E-state index in [9.17, 15) is 0 Å². The van der Waals surface area contributed by atoms with Crippen LogP contribution in [-0.2, 0) is 0 Å². The molecule has 118 valence electrons. The zero-order chi connectivity index (χ0) is 16.1. The summed E-state index contributed by atoms with van der Waals surface area (Å²) in [5, 5.41) is 9.37. The van der Waals surface area contributed by atoms with Crippen LogP contribution in [0.4, 0.5) is 0 Å². The molecular formula is C18H19N3OS. The lowest BCUT2D eigenvalue weighted by Gasteiger charge is -2.09. The Morgan fingerprint density at radius 3 is 2.43 bits per heavy atom. The molecule has 0 atom stereocenters. The number of ether oxygens (including phenoxy) is 1. The van der Waals surface area contributed by atoms with Gasteiger partial charge in [0.05, 0.1) is 6.61 Å². The van der Waals surface area contributed by atoms with E-state index >= 15 is 0 Å². The van der Waals surface area contributed by atoms with Crippen molar-refractivity contribution < 1.29 is 4.74 Å². The number of thioether (sulfide) groups is 1. The largest absolute Gasteiger partial charge is 0.493 e. The topological polar surface area (TPSA) is 39.9 Å². The Kier molecular flexibility index (Phi) is 4.98.